The van der Waals surface area contributed by atoms with Gasteiger partial charge in [-0.3, -0.25) is 4.79 Å². The molecule has 0 spiro atoms. The van der Waals surface area contributed by atoms with Crippen molar-refractivity contribution in [1.29, 1.82) is 0 Å². The number of amides is 1. The average Bonchev–Trinajstić information content (AvgIpc) is 3.19. The molecular weight excluding hydrogens is 320 g/mol. The van der Waals surface area contributed by atoms with Gasteiger partial charge in [-0.05, 0) is 50.5 Å². The van der Waals surface area contributed by atoms with E-state index in [4.69, 9.17) is 0 Å². The minimum absolute atomic E-state index is 0.125. The van der Waals surface area contributed by atoms with Gasteiger partial charge in [0.2, 0.25) is 10.0 Å². The summed E-state index contributed by atoms with van der Waals surface area (Å²) in [6, 6.07) is 1.77. The number of carbonyl (C=O) groups is 1. The first-order valence-corrected chi connectivity index (χ1v) is 10.2. The van der Waals surface area contributed by atoms with Crippen LogP contribution >= 0.6 is 11.3 Å². The third-order valence-corrected chi connectivity index (χ3v) is 7.54. The van der Waals surface area contributed by atoms with Crippen LogP contribution in [0.1, 0.15) is 48.7 Å². The second-order valence-corrected chi connectivity index (χ2v) is 8.89. The molecule has 2 saturated heterocycles. The van der Waals surface area contributed by atoms with Crippen LogP contribution in [0.3, 0.4) is 0 Å². The summed E-state index contributed by atoms with van der Waals surface area (Å²) in [4.78, 5) is 15.2. The molecule has 1 aromatic heterocycles. The summed E-state index contributed by atoms with van der Waals surface area (Å²) in [7, 11) is -3.53. The molecule has 1 unspecified atom stereocenters. The third kappa shape index (κ3) is 2.81. The second-order valence-electron chi connectivity index (χ2n) is 6.07. The van der Waals surface area contributed by atoms with Gasteiger partial charge in [0.25, 0.3) is 5.91 Å². The molecule has 0 aromatic carbocycles. The summed E-state index contributed by atoms with van der Waals surface area (Å²) < 4.78 is 27.0. The Labute approximate surface area is 136 Å². The molecule has 22 heavy (non-hydrogen) atoms. The standard InChI is InChI=1S/C15H22N2O3S2/c1-12-6-2-3-10-17(12)15(18)14-13(7-11-21-14)22(19,20)16-8-4-5-9-16/h7,11-12H,2-6,8-10H2,1H3. The Morgan fingerprint density at radius 2 is 1.86 bits per heavy atom. The molecule has 0 aliphatic carbocycles. The molecule has 2 aliphatic heterocycles. The van der Waals surface area contributed by atoms with E-state index in [0.717, 1.165) is 38.6 Å². The number of hydrogen-bond donors (Lipinski definition) is 0. The van der Waals surface area contributed by atoms with Gasteiger partial charge >= 0.3 is 0 Å². The zero-order chi connectivity index (χ0) is 15.7. The molecule has 1 atom stereocenters. The van der Waals surface area contributed by atoms with Gasteiger partial charge in [-0.2, -0.15) is 4.31 Å². The van der Waals surface area contributed by atoms with Crippen LogP contribution in [0.15, 0.2) is 16.3 Å². The maximum Gasteiger partial charge on any atom is 0.265 e. The molecule has 122 valence electrons. The first-order chi connectivity index (χ1) is 10.5. The molecule has 0 bridgehead atoms. The second kappa shape index (κ2) is 6.29. The Balaban J connectivity index is 1.90. The van der Waals surface area contributed by atoms with Crippen LogP contribution in [0.4, 0.5) is 0 Å². The molecule has 1 amide bonds. The topological polar surface area (TPSA) is 57.7 Å². The van der Waals surface area contributed by atoms with Gasteiger partial charge < -0.3 is 4.90 Å². The molecular formula is C15H22N2O3S2. The minimum Gasteiger partial charge on any atom is -0.335 e. The van der Waals surface area contributed by atoms with Crippen molar-refractivity contribution in [1.82, 2.24) is 9.21 Å². The fourth-order valence-corrected chi connectivity index (χ4v) is 6.12. The van der Waals surface area contributed by atoms with Gasteiger partial charge in [0.15, 0.2) is 0 Å². The molecule has 2 fully saturated rings. The molecule has 5 nitrogen and oxygen atoms in total. The summed E-state index contributed by atoms with van der Waals surface area (Å²) in [5, 5.41) is 1.71. The predicted molar refractivity (Wildman–Crippen MR) is 86.7 cm³/mol. The Bertz CT molecular complexity index is 647. The van der Waals surface area contributed by atoms with E-state index in [-0.39, 0.29) is 16.8 Å². The highest BCUT2D eigenvalue weighted by Gasteiger charge is 2.34. The zero-order valence-electron chi connectivity index (χ0n) is 12.8. The number of sulfonamides is 1. The van der Waals surface area contributed by atoms with Crippen molar-refractivity contribution < 1.29 is 13.2 Å². The number of rotatable bonds is 3. The Hall–Kier alpha value is -0.920. The lowest BCUT2D eigenvalue weighted by Crippen LogP contribution is -2.42. The number of hydrogen-bond acceptors (Lipinski definition) is 4. The Kier molecular flexibility index (Phi) is 4.56. The fourth-order valence-electron chi connectivity index (χ4n) is 3.25. The molecule has 3 heterocycles. The molecule has 0 saturated carbocycles. The van der Waals surface area contributed by atoms with Gasteiger partial charge in [-0.15, -0.1) is 11.3 Å². The quantitative estimate of drug-likeness (QED) is 0.848. The lowest BCUT2D eigenvalue weighted by Gasteiger charge is -2.33. The van der Waals surface area contributed by atoms with E-state index in [0.29, 0.717) is 18.0 Å². The lowest BCUT2D eigenvalue weighted by atomic mass is 10.0. The van der Waals surface area contributed by atoms with Crippen molar-refractivity contribution in [3.05, 3.63) is 16.3 Å². The summed E-state index contributed by atoms with van der Waals surface area (Å²) in [5.74, 6) is -0.125. The fraction of sp³-hybridized carbons (Fsp3) is 0.667. The van der Waals surface area contributed by atoms with Crippen molar-refractivity contribution in [2.45, 2.75) is 50.0 Å². The Morgan fingerprint density at radius 3 is 2.55 bits per heavy atom. The monoisotopic (exact) mass is 342 g/mol. The van der Waals surface area contributed by atoms with E-state index in [1.165, 1.54) is 15.6 Å². The number of likely N-dealkylation sites (tertiary alicyclic amines) is 1. The highest BCUT2D eigenvalue weighted by atomic mass is 32.2. The van der Waals surface area contributed by atoms with E-state index in [9.17, 15) is 13.2 Å². The van der Waals surface area contributed by atoms with Crippen LogP contribution in [0.5, 0.6) is 0 Å². The van der Waals surface area contributed by atoms with Crippen LogP contribution in [0.2, 0.25) is 0 Å². The molecule has 1 aromatic rings. The van der Waals surface area contributed by atoms with Crippen molar-refractivity contribution >= 4 is 27.3 Å². The highest BCUT2D eigenvalue weighted by molar-refractivity contribution is 7.89. The molecule has 2 aliphatic rings. The first-order valence-electron chi connectivity index (χ1n) is 7.90. The van der Waals surface area contributed by atoms with Crippen LogP contribution in [-0.4, -0.2) is 49.2 Å². The predicted octanol–water partition coefficient (Wildman–Crippen LogP) is 2.55. The van der Waals surface area contributed by atoms with E-state index in [1.54, 1.807) is 11.4 Å². The third-order valence-electron chi connectivity index (χ3n) is 4.57. The maximum atomic E-state index is 12.8. The largest absolute Gasteiger partial charge is 0.335 e. The van der Waals surface area contributed by atoms with Crippen LogP contribution in [0.25, 0.3) is 0 Å². The van der Waals surface area contributed by atoms with Crippen molar-refractivity contribution in [2.24, 2.45) is 0 Å². The van der Waals surface area contributed by atoms with Crippen molar-refractivity contribution in [3.63, 3.8) is 0 Å². The number of carbonyl (C=O) groups excluding carboxylic acids is 1. The van der Waals surface area contributed by atoms with Gasteiger partial charge in [-0.25, -0.2) is 8.42 Å². The van der Waals surface area contributed by atoms with Crippen LogP contribution in [-0.2, 0) is 10.0 Å². The van der Waals surface area contributed by atoms with E-state index >= 15 is 0 Å². The highest BCUT2D eigenvalue weighted by Crippen LogP contribution is 2.30. The number of nitrogens with zero attached hydrogens (tertiary/aromatic N) is 2. The zero-order valence-corrected chi connectivity index (χ0v) is 14.5. The van der Waals surface area contributed by atoms with Crippen molar-refractivity contribution in [3.8, 4) is 0 Å². The van der Waals surface area contributed by atoms with Gasteiger partial charge in [0.1, 0.15) is 9.77 Å². The van der Waals surface area contributed by atoms with Gasteiger partial charge in [0.05, 0.1) is 0 Å². The SMILES string of the molecule is CC1CCCCN1C(=O)c1sccc1S(=O)(=O)N1CCCC1. The molecule has 0 radical (unpaired) electrons. The molecule has 0 N–H and O–H groups in total. The summed E-state index contributed by atoms with van der Waals surface area (Å²) in [6.07, 6.45) is 4.92. The lowest BCUT2D eigenvalue weighted by molar-refractivity contribution is 0.0637. The van der Waals surface area contributed by atoms with E-state index < -0.39 is 10.0 Å². The van der Waals surface area contributed by atoms with Crippen LogP contribution in [0, 0.1) is 0 Å². The Morgan fingerprint density at radius 1 is 1.18 bits per heavy atom. The summed E-state index contributed by atoms with van der Waals surface area (Å²) in [5.41, 5.74) is 0. The van der Waals surface area contributed by atoms with Gasteiger partial charge in [-0.1, -0.05) is 0 Å². The maximum absolute atomic E-state index is 12.8. The smallest absolute Gasteiger partial charge is 0.265 e. The minimum atomic E-state index is -3.53. The van der Waals surface area contributed by atoms with E-state index in [2.05, 4.69) is 0 Å². The average molecular weight is 342 g/mol. The summed E-state index contributed by atoms with van der Waals surface area (Å²) >= 11 is 1.24. The first kappa shape index (κ1) is 16.0. The molecule has 7 heteroatoms. The van der Waals surface area contributed by atoms with Gasteiger partial charge in [0, 0.05) is 25.7 Å². The van der Waals surface area contributed by atoms with E-state index in [1.807, 2.05) is 11.8 Å². The number of thiophene rings is 1. The van der Waals surface area contributed by atoms with Crippen molar-refractivity contribution in [2.75, 3.05) is 19.6 Å². The van der Waals surface area contributed by atoms with Crippen LogP contribution < -0.4 is 0 Å². The normalized spacial score (nSPS) is 23.9. The number of piperidine rings is 1. The molecule has 3 rings (SSSR count). The summed E-state index contributed by atoms with van der Waals surface area (Å²) in [6.45, 7) is 3.89.